The Bertz CT molecular complexity index is 1290. The lowest BCUT2D eigenvalue weighted by atomic mass is 10.2. The molecule has 5 nitrogen and oxygen atoms in total. The molecule has 0 unspecified atom stereocenters. The molecule has 0 aliphatic carbocycles. The van der Waals surface area contributed by atoms with Crippen LogP contribution in [-0.2, 0) is 19.4 Å². The summed E-state index contributed by atoms with van der Waals surface area (Å²) in [4.78, 5) is 8.30. The molecular formula is C19H13F6N5S2. The molecular weight excluding hydrogens is 476 g/mol. The van der Waals surface area contributed by atoms with Gasteiger partial charge in [0.25, 0.3) is 0 Å². The van der Waals surface area contributed by atoms with Gasteiger partial charge in [0.05, 0.1) is 15.8 Å². The molecule has 0 aliphatic heterocycles. The average Bonchev–Trinajstić information content (AvgIpc) is 3.30. The molecule has 0 amide bonds. The third-order valence-electron chi connectivity index (χ3n) is 4.46. The van der Waals surface area contributed by atoms with Crippen LogP contribution in [0, 0.1) is 0 Å². The van der Waals surface area contributed by atoms with Crippen LogP contribution in [-0.4, -0.2) is 30.5 Å². The molecule has 4 rings (SSSR count). The van der Waals surface area contributed by atoms with E-state index < -0.39 is 22.9 Å². The maximum Gasteiger partial charge on any atom is 0.443 e. The number of halogens is 6. The van der Waals surface area contributed by atoms with Crippen molar-refractivity contribution in [2.24, 2.45) is 7.05 Å². The lowest BCUT2D eigenvalue weighted by molar-refractivity contribution is -0.138. The summed E-state index contributed by atoms with van der Waals surface area (Å²) in [6.07, 6.45) is -8.07. The Kier molecular flexibility index (Phi) is 5.65. The summed E-state index contributed by atoms with van der Waals surface area (Å²) >= 11 is 1.90. The first-order chi connectivity index (χ1) is 15.0. The van der Waals surface area contributed by atoms with Crippen molar-refractivity contribution in [3.8, 4) is 22.9 Å². The summed E-state index contributed by atoms with van der Waals surface area (Å²) in [5.41, 5.74) is -0.178. The highest BCUT2D eigenvalue weighted by Gasteiger charge is 2.35. The lowest BCUT2D eigenvalue weighted by Gasteiger charge is -2.10. The number of pyridine rings is 1. The maximum absolute atomic E-state index is 13.1. The van der Waals surface area contributed by atoms with Crippen LogP contribution in [0.4, 0.5) is 26.3 Å². The Balaban J connectivity index is 1.84. The zero-order valence-corrected chi connectivity index (χ0v) is 18.0. The quantitative estimate of drug-likeness (QED) is 0.249. The number of aromatic nitrogens is 5. The molecule has 3 heterocycles. The Morgan fingerprint density at radius 2 is 1.72 bits per heavy atom. The van der Waals surface area contributed by atoms with Gasteiger partial charge in [0.1, 0.15) is 5.69 Å². The Labute approximate surface area is 185 Å². The molecule has 0 bridgehead atoms. The maximum atomic E-state index is 13.1. The van der Waals surface area contributed by atoms with Crippen LogP contribution in [0.1, 0.15) is 17.5 Å². The molecule has 1 aromatic carbocycles. The van der Waals surface area contributed by atoms with E-state index in [9.17, 15) is 26.3 Å². The monoisotopic (exact) mass is 489 g/mol. The molecule has 13 heteroatoms. The van der Waals surface area contributed by atoms with E-state index >= 15 is 0 Å². The molecule has 0 N–H and O–H groups in total. The van der Waals surface area contributed by atoms with Gasteiger partial charge in [0.15, 0.2) is 16.7 Å². The zero-order valence-electron chi connectivity index (χ0n) is 16.4. The number of fused-ring (bicyclic) bond motifs is 1. The highest BCUT2D eigenvalue weighted by Crippen LogP contribution is 2.40. The number of thiazole rings is 1. The number of nitrogens with zero attached hydrogens (tertiary/aromatic N) is 5. The van der Waals surface area contributed by atoms with Crippen LogP contribution in [0.15, 0.2) is 35.4 Å². The molecule has 4 aromatic rings. The summed E-state index contributed by atoms with van der Waals surface area (Å²) in [5.74, 6) is 1.02. The summed E-state index contributed by atoms with van der Waals surface area (Å²) in [6.45, 7) is 1.88. The van der Waals surface area contributed by atoms with Crippen molar-refractivity contribution in [2.75, 3.05) is 5.75 Å². The number of thioether (sulfide) groups is 1. The normalized spacial score (nSPS) is 12.6. The van der Waals surface area contributed by atoms with Crippen LogP contribution >= 0.6 is 23.1 Å². The highest BCUT2D eigenvalue weighted by molar-refractivity contribution is 7.99. The molecule has 0 spiro atoms. The minimum absolute atomic E-state index is 0.0241. The Morgan fingerprint density at radius 3 is 2.38 bits per heavy atom. The second-order valence-corrected chi connectivity index (χ2v) is 8.94. The third-order valence-corrected chi connectivity index (χ3v) is 6.46. The number of benzene rings is 1. The van der Waals surface area contributed by atoms with Crippen molar-refractivity contribution in [1.82, 2.24) is 24.7 Å². The zero-order chi connectivity index (χ0) is 23.3. The molecule has 0 fully saturated rings. The Hall–Kier alpha value is -2.67. The van der Waals surface area contributed by atoms with E-state index in [1.807, 2.05) is 6.92 Å². The van der Waals surface area contributed by atoms with Crippen LogP contribution in [0.2, 0.25) is 0 Å². The van der Waals surface area contributed by atoms with E-state index in [1.165, 1.54) is 16.3 Å². The van der Waals surface area contributed by atoms with Crippen molar-refractivity contribution in [3.05, 3.63) is 41.0 Å². The molecule has 0 aliphatic rings. The number of rotatable bonds is 4. The second kappa shape index (κ2) is 8.03. The van der Waals surface area contributed by atoms with Crippen molar-refractivity contribution in [1.29, 1.82) is 0 Å². The van der Waals surface area contributed by atoms with E-state index in [1.54, 1.807) is 19.2 Å². The topological polar surface area (TPSA) is 56.5 Å². The van der Waals surface area contributed by atoms with Crippen molar-refractivity contribution >= 4 is 33.3 Å². The first kappa shape index (κ1) is 22.5. The van der Waals surface area contributed by atoms with Gasteiger partial charge in [0, 0.05) is 23.7 Å². The van der Waals surface area contributed by atoms with E-state index in [0.29, 0.717) is 38.1 Å². The lowest BCUT2D eigenvalue weighted by Crippen LogP contribution is -2.06. The molecule has 0 saturated heterocycles. The third kappa shape index (κ3) is 4.18. The average molecular weight is 489 g/mol. The first-order valence-electron chi connectivity index (χ1n) is 9.07. The van der Waals surface area contributed by atoms with Crippen molar-refractivity contribution in [3.63, 3.8) is 0 Å². The molecule has 0 saturated carbocycles. The predicted octanol–water partition coefficient (Wildman–Crippen LogP) is 6.30. The van der Waals surface area contributed by atoms with Gasteiger partial charge in [-0.1, -0.05) is 6.92 Å². The van der Waals surface area contributed by atoms with Crippen molar-refractivity contribution in [2.45, 2.75) is 24.2 Å². The Morgan fingerprint density at radius 1 is 1.00 bits per heavy atom. The fraction of sp³-hybridized carbons (Fsp3) is 0.263. The summed E-state index contributed by atoms with van der Waals surface area (Å²) < 4.78 is 80.3. The van der Waals surface area contributed by atoms with Crippen LogP contribution in [0.25, 0.3) is 33.1 Å². The smallest absolute Gasteiger partial charge is 0.309 e. The van der Waals surface area contributed by atoms with E-state index in [0.717, 1.165) is 18.3 Å². The van der Waals surface area contributed by atoms with E-state index in [-0.39, 0.29) is 17.0 Å². The summed E-state index contributed by atoms with van der Waals surface area (Å²) in [7, 11) is 1.56. The van der Waals surface area contributed by atoms with Crippen molar-refractivity contribution < 1.29 is 26.3 Å². The highest BCUT2D eigenvalue weighted by atomic mass is 32.2. The van der Waals surface area contributed by atoms with Gasteiger partial charge in [-0.3, -0.25) is 4.98 Å². The van der Waals surface area contributed by atoms with E-state index in [4.69, 9.17) is 0 Å². The predicted molar refractivity (Wildman–Crippen MR) is 109 cm³/mol. The molecule has 32 heavy (non-hydrogen) atoms. The fourth-order valence-electron chi connectivity index (χ4n) is 3.04. The van der Waals surface area contributed by atoms with Crippen LogP contribution in [0.3, 0.4) is 0 Å². The summed E-state index contributed by atoms with van der Waals surface area (Å²) in [5, 5.41) is 7.14. The second-order valence-electron chi connectivity index (χ2n) is 6.60. The molecule has 0 radical (unpaired) electrons. The van der Waals surface area contributed by atoms with Gasteiger partial charge in [0.2, 0.25) is 0 Å². The number of hydrogen-bond acceptors (Lipinski definition) is 6. The fourth-order valence-corrected chi connectivity index (χ4v) is 4.71. The minimum atomic E-state index is -4.56. The SMILES string of the molecule is CCSc1cc2nc(C(F)(F)F)sc2cc1-c1nnc(-c2cc(C(F)(F)F)ccn2)n1C. The van der Waals surface area contributed by atoms with E-state index in [2.05, 4.69) is 20.2 Å². The minimum Gasteiger partial charge on any atom is -0.309 e. The number of alkyl halides is 6. The van der Waals surface area contributed by atoms with Gasteiger partial charge >= 0.3 is 12.4 Å². The standard InChI is InChI=1S/C19H13F6N5S2/c1-3-31-13-8-11-14(32-17(27-11)19(23,24)25)7-10(13)15-28-29-16(30(15)2)12-6-9(4-5-26-12)18(20,21)22/h4-8H,3H2,1-2H3. The van der Waals surface area contributed by atoms with Crippen LogP contribution in [0.5, 0.6) is 0 Å². The summed E-state index contributed by atoms with van der Waals surface area (Å²) in [6, 6.07) is 4.83. The number of hydrogen-bond donors (Lipinski definition) is 0. The van der Waals surface area contributed by atoms with Crippen LogP contribution < -0.4 is 0 Å². The molecule has 0 atom stereocenters. The van der Waals surface area contributed by atoms with Gasteiger partial charge < -0.3 is 4.57 Å². The van der Waals surface area contributed by atoms with Gasteiger partial charge in [-0.05, 0) is 30.0 Å². The van der Waals surface area contributed by atoms with Gasteiger partial charge in [-0.15, -0.1) is 33.3 Å². The van der Waals surface area contributed by atoms with Gasteiger partial charge in [-0.25, -0.2) is 4.98 Å². The largest absolute Gasteiger partial charge is 0.443 e. The first-order valence-corrected chi connectivity index (χ1v) is 10.9. The van der Waals surface area contributed by atoms with Gasteiger partial charge in [-0.2, -0.15) is 26.3 Å². The molecule has 168 valence electrons. The molecule has 3 aromatic heterocycles.